The van der Waals surface area contributed by atoms with Crippen LogP contribution in [0.4, 0.5) is 0 Å². The maximum absolute atomic E-state index is 13.4. The number of ether oxygens (including phenoxy) is 2. The Bertz CT molecular complexity index is 1450. The maximum atomic E-state index is 13.4. The monoisotopic (exact) mass is 551 g/mol. The predicted octanol–water partition coefficient (Wildman–Crippen LogP) is 4.33. The lowest BCUT2D eigenvalue weighted by molar-refractivity contribution is -0.146. The second-order valence-electron chi connectivity index (χ2n) is 11.2. The molecule has 3 aromatic rings. The number of nitrogens with one attached hydrogen (secondary N) is 1. The molecule has 0 spiro atoms. The van der Waals surface area contributed by atoms with Crippen molar-refractivity contribution in [3.63, 3.8) is 0 Å². The minimum Gasteiger partial charge on any atom is -0.497 e. The highest BCUT2D eigenvalue weighted by molar-refractivity contribution is 7.89. The number of carbonyl (C=O) groups excluding carboxylic acids is 1. The van der Waals surface area contributed by atoms with E-state index in [9.17, 15) is 13.2 Å². The first-order chi connectivity index (χ1) is 18.8. The van der Waals surface area contributed by atoms with Gasteiger partial charge in [0.05, 0.1) is 31.3 Å². The molecular formula is C30H37N3O5S. The van der Waals surface area contributed by atoms with Crippen molar-refractivity contribution in [2.75, 3.05) is 26.9 Å². The van der Waals surface area contributed by atoms with Gasteiger partial charge < -0.3 is 18.9 Å². The quantitative estimate of drug-likeness (QED) is 0.472. The van der Waals surface area contributed by atoms with Crippen LogP contribution in [0.1, 0.15) is 38.5 Å². The summed E-state index contributed by atoms with van der Waals surface area (Å²) in [6, 6.07) is 15.2. The molecule has 1 aromatic heterocycles. The first kappa shape index (κ1) is 26.3. The Labute approximate surface area is 230 Å². The number of rotatable bonds is 7. The lowest BCUT2D eigenvalue weighted by Crippen LogP contribution is -2.52. The minimum atomic E-state index is -3.69. The molecule has 1 amide bonds. The normalized spacial score (nSPS) is 24.2. The molecule has 39 heavy (non-hydrogen) atoms. The largest absolute Gasteiger partial charge is 0.497 e. The Morgan fingerprint density at radius 1 is 1.00 bits per heavy atom. The highest BCUT2D eigenvalue weighted by atomic mass is 32.2. The van der Waals surface area contributed by atoms with Gasteiger partial charge in [-0.15, -0.1) is 0 Å². The van der Waals surface area contributed by atoms with Crippen molar-refractivity contribution in [2.24, 2.45) is 18.9 Å². The van der Waals surface area contributed by atoms with Gasteiger partial charge in [-0.05, 0) is 92.5 Å². The number of hydrogen-bond donors (Lipinski definition) is 1. The van der Waals surface area contributed by atoms with Crippen LogP contribution in [0.3, 0.4) is 0 Å². The smallest absolute Gasteiger partial charge is 0.240 e. The van der Waals surface area contributed by atoms with Crippen molar-refractivity contribution in [1.82, 2.24) is 14.2 Å². The van der Waals surface area contributed by atoms with Gasteiger partial charge in [0.2, 0.25) is 15.9 Å². The third-order valence-electron chi connectivity index (χ3n) is 8.73. The van der Waals surface area contributed by atoms with Crippen LogP contribution in [-0.2, 0) is 26.6 Å². The van der Waals surface area contributed by atoms with Crippen LogP contribution < -0.4 is 9.46 Å². The zero-order chi connectivity index (χ0) is 27.1. The van der Waals surface area contributed by atoms with Gasteiger partial charge in [-0.3, -0.25) is 4.79 Å². The number of hydrogen-bond acceptors (Lipinski definition) is 5. The van der Waals surface area contributed by atoms with Gasteiger partial charge >= 0.3 is 0 Å². The highest BCUT2D eigenvalue weighted by Crippen LogP contribution is 2.38. The van der Waals surface area contributed by atoms with E-state index in [0.29, 0.717) is 51.4 Å². The molecule has 1 N–H and O–H groups in total. The molecule has 208 valence electrons. The number of carbonyl (C=O) groups is 1. The summed E-state index contributed by atoms with van der Waals surface area (Å²) in [6.45, 7) is 1.93. The highest BCUT2D eigenvalue weighted by Gasteiger charge is 2.41. The van der Waals surface area contributed by atoms with E-state index in [4.69, 9.17) is 9.47 Å². The van der Waals surface area contributed by atoms with E-state index in [1.54, 1.807) is 19.2 Å². The molecule has 2 heterocycles. The van der Waals surface area contributed by atoms with Gasteiger partial charge in [-0.2, -0.15) is 0 Å². The number of benzene rings is 2. The Hall–Kier alpha value is -2.88. The van der Waals surface area contributed by atoms with Gasteiger partial charge in [0.25, 0.3) is 0 Å². The van der Waals surface area contributed by atoms with Crippen molar-refractivity contribution in [3.05, 3.63) is 48.5 Å². The Morgan fingerprint density at radius 3 is 2.44 bits per heavy atom. The Kier molecular flexibility index (Phi) is 7.16. The molecule has 6 rings (SSSR count). The summed E-state index contributed by atoms with van der Waals surface area (Å²) in [7, 11) is -0.102. The predicted molar refractivity (Wildman–Crippen MR) is 150 cm³/mol. The van der Waals surface area contributed by atoms with Crippen molar-refractivity contribution in [1.29, 1.82) is 0 Å². The van der Waals surface area contributed by atoms with Crippen LogP contribution in [0, 0.1) is 11.8 Å². The van der Waals surface area contributed by atoms with Crippen LogP contribution in [0.5, 0.6) is 5.75 Å². The van der Waals surface area contributed by atoms with E-state index in [2.05, 4.69) is 15.7 Å². The number of fused-ring (bicyclic) bond motifs is 1. The van der Waals surface area contributed by atoms with Crippen molar-refractivity contribution < 1.29 is 22.7 Å². The topological polar surface area (TPSA) is 89.9 Å². The average molecular weight is 552 g/mol. The van der Waals surface area contributed by atoms with Gasteiger partial charge in [0.1, 0.15) is 5.75 Å². The van der Waals surface area contributed by atoms with Gasteiger partial charge in [0.15, 0.2) is 0 Å². The van der Waals surface area contributed by atoms with E-state index in [1.165, 1.54) is 12.8 Å². The van der Waals surface area contributed by atoms with Crippen LogP contribution in [0.2, 0.25) is 0 Å². The lowest BCUT2D eigenvalue weighted by Gasteiger charge is -2.39. The molecule has 2 aromatic carbocycles. The summed E-state index contributed by atoms with van der Waals surface area (Å²) in [5, 5.41) is 0.980. The van der Waals surface area contributed by atoms with E-state index in [0.717, 1.165) is 27.9 Å². The van der Waals surface area contributed by atoms with Gasteiger partial charge in [-0.25, -0.2) is 13.1 Å². The number of aromatic nitrogens is 1. The lowest BCUT2D eigenvalue weighted by atomic mass is 9.85. The molecule has 3 fully saturated rings. The van der Waals surface area contributed by atoms with Gasteiger partial charge in [0, 0.05) is 42.1 Å². The zero-order valence-corrected chi connectivity index (χ0v) is 23.5. The fourth-order valence-corrected chi connectivity index (χ4v) is 7.59. The minimum absolute atomic E-state index is 0.0267. The second-order valence-corrected chi connectivity index (χ2v) is 12.9. The fourth-order valence-electron chi connectivity index (χ4n) is 6.26. The SMILES string of the molecule is COc1ccc(-c2cc3ccc(S(=O)(=O)N[C@H]4CC[C@H](C(=O)N5CCOC[C@@H]5C5CC5)CC4)cc3n2C)cc1. The molecule has 0 bridgehead atoms. The standard InChI is InChI=1S/C30H37N3O5S/c1-32-27(20-7-12-25(37-2)13-8-20)17-23-9-14-26(18-28(23)32)39(35,36)31-24-10-5-22(6-11-24)30(34)33-15-16-38-19-29(33)21-3-4-21/h7-9,12-14,17-18,21-22,24,29,31H,3-6,10-11,15-16,19H2,1-2H3/t22-,24-,29-/m1/s1. The molecule has 2 saturated carbocycles. The zero-order valence-electron chi connectivity index (χ0n) is 22.6. The Morgan fingerprint density at radius 2 is 1.74 bits per heavy atom. The molecule has 0 radical (unpaired) electrons. The summed E-state index contributed by atoms with van der Waals surface area (Å²) in [5.74, 6) is 1.59. The third-order valence-corrected chi connectivity index (χ3v) is 10.2. The molecule has 3 aliphatic rings. The number of nitrogens with zero attached hydrogens (tertiary/aromatic N) is 2. The molecular weight excluding hydrogens is 514 g/mol. The van der Waals surface area contributed by atoms with E-state index < -0.39 is 10.0 Å². The third kappa shape index (κ3) is 5.32. The number of methoxy groups -OCH3 is 1. The number of amides is 1. The maximum Gasteiger partial charge on any atom is 0.240 e. The summed E-state index contributed by atoms with van der Waals surface area (Å²) in [5.41, 5.74) is 2.89. The van der Waals surface area contributed by atoms with Crippen LogP contribution >= 0.6 is 0 Å². The number of morpholine rings is 1. The average Bonchev–Trinajstić information content (AvgIpc) is 3.76. The van der Waals surface area contributed by atoms with Crippen LogP contribution in [0.25, 0.3) is 22.2 Å². The first-order valence-electron chi connectivity index (χ1n) is 14.0. The van der Waals surface area contributed by atoms with E-state index >= 15 is 0 Å². The van der Waals surface area contributed by atoms with Crippen molar-refractivity contribution >= 4 is 26.8 Å². The summed E-state index contributed by atoms with van der Waals surface area (Å²) >= 11 is 0. The van der Waals surface area contributed by atoms with E-state index in [-0.39, 0.29) is 28.8 Å². The molecule has 1 aliphatic heterocycles. The van der Waals surface area contributed by atoms with Crippen molar-refractivity contribution in [3.8, 4) is 17.0 Å². The fraction of sp³-hybridized carbons (Fsp3) is 0.500. The summed E-state index contributed by atoms with van der Waals surface area (Å²) in [4.78, 5) is 15.6. The van der Waals surface area contributed by atoms with E-state index in [1.807, 2.05) is 41.9 Å². The molecule has 0 unspecified atom stereocenters. The summed E-state index contributed by atoms with van der Waals surface area (Å²) < 4.78 is 42.6. The van der Waals surface area contributed by atoms with Crippen LogP contribution in [0.15, 0.2) is 53.4 Å². The molecule has 8 nitrogen and oxygen atoms in total. The first-order valence-corrected chi connectivity index (χ1v) is 15.5. The molecule has 1 saturated heterocycles. The van der Waals surface area contributed by atoms with Crippen molar-refractivity contribution in [2.45, 2.75) is 55.5 Å². The van der Waals surface area contributed by atoms with Gasteiger partial charge in [-0.1, -0.05) is 6.07 Å². The van der Waals surface area contributed by atoms with Crippen LogP contribution in [-0.4, -0.2) is 62.7 Å². The molecule has 1 atom stereocenters. The molecule has 2 aliphatic carbocycles. The number of aryl methyl sites for hydroxylation is 1. The second kappa shape index (κ2) is 10.6. The molecule has 9 heteroatoms. The summed E-state index contributed by atoms with van der Waals surface area (Å²) in [6.07, 6.45) is 5.13. The number of sulfonamides is 1. The Balaban J connectivity index is 1.12.